The molecule has 0 bridgehead atoms. The van der Waals surface area contributed by atoms with Crippen molar-refractivity contribution in [1.29, 1.82) is 0 Å². The Morgan fingerprint density at radius 2 is 0.676 bits per heavy atom. The molecule has 0 aromatic heterocycles. The summed E-state index contributed by atoms with van der Waals surface area (Å²) in [4.78, 5) is 0. The number of hydrogen-bond acceptors (Lipinski definition) is 1. The lowest BCUT2D eigenvalue weighted by Crippen LogP contribution is -2.22. The third-order valence-electron chi connectivity index (χ3n) is 7.74. The molecule has 0 N–H and O–H groups in total. The molecule has 0 aromatic carbocycles. The second-order valence-corrected chi connectivity index (χ2v) is 11.6. The molecule has 1 heteroatoms. The molecule has 0 aliphatic heterocycles. The molecule has 0 aliphatic rings. The normalized spacial score (nSPS) is 13.7. The largest absolute Gasteiger partial charge is 0.375 e. The molecule has 0 rings (SSSR count). The van der Waals surface area contributed by atoms with Gasteiger partial charge in [0.15, 0.2) is 0 Å². The van der Waals surface area contributed by atoms with Crippen molar-refractivity contribution in [2.24, 2.45) is 0 Å². The number of allylic oxidation sites excluding steroid dienone is 4. The van der Waals surface area contributed by atoms with E-state index < -0.39 is 0 Å². The van der Waals surface area contributed by atoms with Crippen molar-refractivity contribution in [3.05, 3.63) is 24.3 Å². The highest BCUT2D eigenvalue weighted by Gasteiger charge is 2.16. The summed E-state index contributed by atoms with van der Waals surface area (Å²) in [7, 11) is 0. The Labute approximate surface area is 235 Å². The third-order valence-corrected chi connectivity index (χ3v) is 7.74. The van der Waals surface area contributed by atoms with Crippen LogP contribution in [0.5, 0.6) is 0 Å². The molecule has 220 valence electrons. The van der Waals surface area contributed by atoms with Crippen molar-refractivity contribution in [1.82, 2.24) is 0 Å². The minimum Gasteiger partial charge on any atom is -0.375 e. The average molecular weight is 519 g/mol. The molecular formula is C36H70O. The first-order valence-electron chi connectivity index (χ1n) is 17.2. The Balaban J connectivity index is 4.42. The van der Waals surface area contributed by atoms with Gasteiger partial charge in [-0.25, -0.2) is 0 Å². The minimum atomic E-state index is 0.448. The maximum atomic E-state index is 6.84. The Morgan fingerprint density at radius 1 is 0.351 bits per heavy atom. The van der Waals surface area contributed by atoms with Crippen molar-refractivity contribution in [2.45, 2.75) is 207 Å². The van der Waals surface area contributed by atoms with Crippen molar-refractivity contribution in [3.8, 4) is 0 Å². The second-order valence-electron chi connectivity index (χ2n) is 11.6. The SMILES string of the molecule is CCCCCCCCC=CCCC(CCCCC)OC(CCC=CCCCCCCCC)CCCCC. The summed E-state index contributed by atoms with van der Waals surface area (Å²) in [5.41, 5.74) is 0. The van der Waals surface area contributed by atoms with Gasteiger partial charge in [-0.3, -0.25) is 0 Å². The molecule has 0 radical (unpaired) electrons. The van der Waals surface area contributed by atoms with Crippen LogP contribution in [0.2, 0.25) is 0 Å². The van der Waals surface area contributed by atoms with E-state index in [0.29, 0.717) is 12.2 Å². The Kier molecular flexibility index (Phi) is 31.2. The second kappa shape index (κ2) is 31.7. The van der Waals surface area contributed by atoms with E-state index in [2.05, 4.69) is 52.0 Å². The summed E-state index contributed by atoms with van der Waals surface area (Å²) in [6, 6.07) is 0. The number of unbranched alkanes of at least 4 members (excludes halogenated alkanes) is 16. The van der Waals surface area contributed by atoms with Gasteiger partial charge in [-0.05, 0) is 64.2 Å². The smallest absolute Gasteiger partial charge is 0.0581 e. The minimum absolute atomic E-state index is 0.448. The van der Waals surface area contributed by atoms with Crippen LogP contribution >= 0.6 is 0 Å². The summed E-state index contributed by atoms with van der Waals surface area (Å²) in [6.07, 6.45) is 45.1. The van der Waals surface area contributed by atoms with Gasteiger partial charge >= 0.3 is 0 Å². The Hall–Kier alpha value is -0.560. The van der Waals surface area contributed by atoms with Crippen molar-refractivity contribution >= 4 is 0 Å². The van der Waals surface area contributed by atoms with Gasteiger partial charge in [-0.1, -0.05) is 155 Å². The summed E-state index contributed by atoms with van der Waals surface area (Å²) in [5.74, 6) is 0. The predicted molar refractivity (Wildman–Crippen MR) is 170 cm³/mol. The van der Waals surface area contributed by atoms with E-state index in [0.717, 1.165) is 0 Å². The Bertz CT molecular complexity index is 423. The van der Waals surface area contributed by atoms with Gasteiger partial charge in [0.05, 0.1) is 12.2 Å². The lowest BCUT2D eigenvalue weighted by molar-refractivity contribution is -0.0293. The summed E-state index contributed by atoms with van der Waals surface area (Å²) >= 11 is 0. The third kappa shape index (κ3) is 28.3. The van der Waals surface area contributed by atoms with E-state index in [1.807, 2.05) is 0 Å². The van der Waals surface area contributed by atoms with Crippen LogP contribution in [-0.2, 0) is 4.74 Å². The molecular weight excluding hydrogens is 448 g/mol. The first-order valence-corrected chi connectivity index (χ1v) is 17.2. The van der Waals surface area contributed by atoms with Crippen LogP contribution in [0.1, 0.15) is 195 Å². The summed E-state index contributed by atoms with van der Waals surface area (Å²) in [6.45, 7) is 9.22. The highest BCUT2D eigenvalue weighted by Crippen LogP contribution is 2.21. The highest BCUT2D eigenvalue weighted by molar-refractivity contribution is 4.84. The Morgan fingerprint density at radius 3 is 1.08 bits per heavy atom. The number of ether oxygens (including phenoxy) is 1. The molecule has 37 heavy (non-hydrogen) atoms. The first-order chi connectivity index (χ1) is 18.3. The van der Waals surface area contributed by atoms with Gasteiger partial charge in [0.2, 0.25) is 0 Å². The maximum Gasteiger partial charge on any atom is 0.0581 e. The molecule has 0 saturated heterocycles. The fourth-order valence-corrected chi connectivity index (χ4v) is 5.20. The zero-order valence-electron chi connectivity index (χ0n) is 26.3. The van der Waals surface area contributed by atoms with E-state index >= 15 is 0 Å². The predicted octanol–water partition coefficient (Wildman–Crippen LogP) is 13.1. The number of hydrogen-bond donors (Lipinski definition) is 0. The molecule has 0 heterocycles. The van der Waals surface area contributed by atoms with Crippen LogP contribution in [0.3, 0.4) is 0 Å². The molecule has 1 nitrogen and oxygen atoms in total. The lowest BCUT2D eigenvalue weighted by Gasteiger charge is -2.25. The molecule has 2 unspecified atom stereocenters. The van der Waals surface area contributed by atoms with E-state index in [9.17, 15) is 0 Å². The van der Waals surface area contributed by atoms with Crippen molar-refractivity contribution < 1.29 is 4.74 Å². The summed E-state index contributed by atoms with van der Waals surface area (Å²) in [5, 5.41) is 0. The van der Waals surface area contributed by atoms with E-state index in [1.165, 1.54) is 167 Å². The molecule has 0 aliphatic carbocycles. The zero-order chi connectivity index (χ0) is 27.1. The van der Waals surface area contributed by atoms with Crippen molar-refractivity contribution in [3.63, 3.8) is 0 Å². The van der Waals surface area contributed by atoms with Gasteiger partial charge in [0, 0.05) is 0 Å². The average Bonchev–Trinajstić information content (AvgIpc) is 2.90. The quantitative estimate of drug-likeness (QED) is 0.0678. The van der Waals surface area contributed by atoms with Crippen molar-refractivity contribution in [2.75, 3.05) is 0 Å². The van der Waals surface area contributed by atoms with Crippen LogP contribution < -0.4 is 0 Å². The molecule has 2 atom stereocenters. The standard InChI is InChI=1S/C36H70O/c1-5-9-13-15-17-19-21-23-25-29-33-35(31-27-11-7-3)37-36(32-28-12-8-4)34-30-26-24-22-20-18-16-14-10-6-2/h23-26,35-36H,5-22,27-34H2,1-4H3. The number of rotatable bonds is 30. The van der Waals surface area contributed by atoms with Crippen LogP contribution in [0.25, 0.3) is 0 Å². The molecule has 0 spiro atoms. The highest BCUT2D eigenvalue weighted by atomic mass is 16.5. The maximum absolute atomic E-state index is 6.84. The van der Waals surface area contributed by atoms with Gasteiger partial charge in [-0.15, -0.1) is 0 Å². The van der Waals surface area contributed by atoms with Crippen LogP contribution in [0, 0.1) is 0 Å². The van der Waals surface area contributed by atoms with Gasteiger partial charge in [0.1, 0.15) is 0 Å². The fourth-order valence-electron chi connectivity index (χ4n) is 5.20. The lowest BCUT2D eigenvalue weighted by atomic mass is 10.0. The van der Waals surface area contributed by atoms with Crippen LogP contribution in [-0.4, -0.2) is 12.2 Å². The molecule has 0 saturated carbocycles. The van der Waals surface area contributed by atoms with E-state index in [1.54, 1.807) is 0 Å². The topological polar surface area (TPSA) is 9.23 Å². The van der Waals surface area contributed by atoms with Crippen LogP contribution in [0.15, 0.2) is 24.3 Å². The van der Waals surface area contributed by atoms with Gasteiger partial charge in [-0.2, -0.15) is 0 Å². The molecule has 0 aromatic rings. The summed E-state index contributed by atoms with van der Waals surface area (Å²) < 4.78 is 6.84. The fraction of sp³-hybridized carbons (Fsp3) is 0.889. The van der Waals surface area contributed by atoms with Gasteiger partial charge < -0.3 is 4.74 Å². The van der Waals surface area contributed by atoms with E-state index in [-0.39, 0.29) is 0 Å². The van der Waals surface area contributed by atoms with Crippen LogP contribution in [0.4, 0.5) is 0 Å². The zero-order valence-corrected chi connectivity index (χ0v) is 26.3. The molecule has 0 amide bonds. The monoisotopic (exact) mass is 519 g/mol. The first kappa shape index (κ1) is 36.4. The van der Waals surface area contributed by atoms with E-state index in [4.69, 9.17) is 4.74 Å². The van der Waals surface area contributed by atoms with Gasteiger partial charge in [0.25, 0.3) is 0 Å². The molecule has 0 fully saturated rings.